The largest absolute Gasteiger partial charge is 0.330 e. The predicted molar refractivity (Wildman–Crippen MR) is 88.9 cm³/mol. The van der Waals surface area contributed by atoms with Crippen LogP contribution in [0.3, 0.4) is 0 Å². The number of benzene rings is 1. The summed E-state index contributed by atoms with van der Waals surface area (Å²) in [5.74, 6) is 0. The molecule has 1 rings (SSSR count). The first kappa shape index (κ1) is 17.2. The Bertz CT molecular complexity index is 346. The van der Waals surface area contributed by atoms with Crippen LogP contribution >= 0.6 is 0 Å². The van der Waals surface area contributed by atoms with Crippen LogP contribution in [0.1, 0.15) is 45.6 Å². The third-order valence-electron chi connectivity index (χ3n) is 3.78. The highest BCUT2D eigenvalue weighted by molar-refractivity contribution is 5.14. The molecule has 0 aliphatic heterocycles. The molecule has 0 saturated heterocycles. The SMILES string of the molecule is CCCN(CCCCc1ccccc1)CC(C)(C)CN. The molecule has 0 amide bonds. The van der Waals surface area contributed by atoms with Crippen molar-refractivity contribution in [2.24, 2.45) is 11.1 Å². The van der Waals surface area contributed by atoms with Crippen LogP contribution in [0.2, 0.25) is 0 Å². The zero-order chi connectivity index (χ0) is 14.8. The Morgan fingerprint density at radius 2 is 1.75 bits per heavy atom. The molecule has 0 unspecified atom stereocenters. The van der Waals surface area contributed by atoms with Crippen molar-refractivity contribution in [3.05, 3.63) is 35.9 Å². The van der Waals surface area contributed by atoms with Gasteiger partial charge in [0.25, 0.3) is 0 Å². The van der Waals surface area contributed by atoms with Crippen molar-refractivity contribution in [2.45, 2.75) is 46.5 Å². The Kier molecular flexibility index (Phi) is 7.86. The number of nitrogens with zero attached hydrogens (tertiary/aromatic N) is 1. The lowest BCUT2D eigenvalue weighted by Gasteiger charge is -2.31. The molecule has 0 radical (unpaired) electrons. The molecule has 0 aliphatic carbocycles. The Morgan fingerprint density at radius 3 is 2.35 bits per heavy atom. The Hall–Kier alpha value is -0.860. The summed E-state index contributed by atoms with van der Waals surface area (Å²) in [6.45, 7) is 11.0. The molecule has 0 heterocycles. The van der Waals surface area contributed by atoms with Crippen molar-refractivity contribution in [1.29, 1.82) is 0 Å². The van der Waals surface area contributed by atoms with Crippen molar-refractivity contribution >= 4 is 0 Å². The smallest absolute Gasteiger partial charge is 0.00447 e. The van der Waals surface area contributed by atoms with Gasteiger partial charge in [-0.3, -0.25) is 0 Å². The van der Waals surface area contributed by atoms with Crippen LogP contribution < -0.4 is 5.73 Å². The minimum atomic E-state index is 0.231. The van der Waals surface area contributed by atoms with Crippen LogP contribution in [0.4, 0.5) is 0 Å². The standard InChI is InChI=1S/C18H32N2/c1-4-13-20(16-18(2,3)15-19)14-9-8-12-17-10-6-5-7-11-17/h5-7,10-11H,4,8-9,12-16,19H2,1-3H3. The van der Waals surface area contributed by atoms with Gasteiger partial charge in [0.15, 0.2) is 0 Å². The molecule has 2 heteroatoms. The number of hydrogen-bond donors (Lipinski definition) is 1. The van der Waals surface area contributed by atoms with Gasteiger partial charge in [0, 0.05) is 6.54 Å². The number of unbranched alkanes of at least 4 members (excludes halogenated alkanes) is 1. The first-order valence-corrected chi connectivity index (χ1v) is 8.04. The number of nitrogens with two attached hydrogens (primary N) is 1. The van der Waals surface area contributed by atoms with Gasteiger partial charge in [-0.05, 0) is 56.3 Å². The highest BCUT2D eigenvalue weighted by atomic mass is 15.1. The van der Waals surface area contributed by atoms with E-state index in [0.717, 1.165) is 13.1 Å². The second-order valence-electron chi connectivity index (χ2n) is 6.59. The Labute approximate surface area is 125 Å². The molecule has 20 heavy (non-hydrogen) atoms. The van der Waals surface area contributed by atoms with E-state index in [9.17, 15) is 0 Å². The van der Waals surface area contributed by atoms with Gasteiger partial charge in [0.2, 0.25) is 0 Å². The molecule has 0 atom stereocenters. The van der Waals surface area contributed by atoms with E-state index in [1.165, 1.54) is 44.3 Å². The third-order valence-corrected chi connectivity index (χ3v) is 3.78. The molecule has 1 aromatic carbocycles. The normalized spacial score (nSPS) is 12.1. The van der Waals surface area contributed by atoms with E-state index in [1.807, 2.05) is 0 Å². The maximum Gasteiger partial charge on any atom is 0.00447 e. The van der Waals surface area contributed by atoms with E-state index < -0.39 is 0 Å². The number of rotatable bonds is 10. The number of hydrogen-bond acceptors (Lipinski definition) is 2. The minimum absolute atomic E-state index is 0.231. The van der Waals surface area contributed by atoms with Gasteiger partial charge in [-0.25, -0.2) is 0 Å². The summed E-state index contributed by atoms with van der Waals surface area (Å²) in [6.07, 6.45) is 4.96. The first-order valence-electron chi connectivity index (χ1n) is 8.04. The lowest BCUT2D eigenvalue weighted by Crippen LogP contribution is -2.39. The summed E-state index contributed by atoms with van der Waals surface area (Å²) in [6, 6.07) is 10.8. The quantitative estimate of drug-likeness (QED) is 0.660. The van der Waals surface area contributed by atoms with Gasteiger partial charge >= 0.3 is 0 Å². The molecule has 114 valence electrons. The zero-order valence-corrected chi connectivity index (χ0v) is 13.6. The second-order valence-corrected chi connectivity index (χ2v) is 6.59. The summed E-state index contributed by atoms with van der Waals surface area (Å²) < 4.78 is 0. The van der Waals surface area contributed by atoms with E-state index in [2.05, 4.69) is 56.0 Å². The van der Waals surface area contributed by atoms with E-state index in [-0.39, 0.29) is 5.41 Å². The van der Waals surface area contributed by atoms with Crippen molar-refractivity contribution in [1.82, 2.24) is 4.90 Å². The fourth-order valence-corrected chi connectivity index (χ4v) is 2.57. The molecule has 0 saturated carbocycles. The molecule has 0 aromatic heterocycles. The molecular weight excluding hydrogens is 244 g/mol. The van der Waals surface area contributed by atoms with Gasteiger partial charge in [-0.2, -0.15) is 0 Å². The molecule has 0 aliphatic rings. The lowest BCUT2D eigenvalue weighted by atomic mass is 9.93. The summed E-state index contributed by atoms with van der Waals surface area (Å²) >= 11 is 0. The average molecular weight is 276 g/mol. The van der Waals surface area contributed by atoms with Crippen LogP contribution in [0.25, 0.3) is 0 Å². The first-order chi connectivity index (χ1) is 9.57. The summed E-state index contributed by atoms with van der Waals surface area (Å²) in [5.41, 5.74) is 7.54. The summed E-state index contributed by atoms with van der Waals surface area (Å²) in [4.78, 5) is 2.58. The van der Waals surface area contributed by atoms with E-state index in [4.69, 9.17) is 5.73 Å². The minimum Gasteiger partial charge on any atom is -0.330 e. The molecular formula is C18H32N2. The Balaban J connectivity index is 2.28. The monoisotopic (exact) mass is 276 g/mol. The van der Waals surface area contributed by atoms with Crippen LogP contribution in [0.15, 0.2) is 30.3 Å². The van der Waals surface area contributed by atoms with Crippen molar-refractivity contribution in [3.8, 4) is 0 Å². The van der Waals surface area contributed by atoms with Crippen molar-refractivity contribution < 1.29 is 0 Å². The van der Waals surface area contributed by atoms with Gasteiger partial charge in [-0.1, -0.05) is 51.1 Å². The maximum absolute atomic E-state index is 5.85. The van der Waals surface area contributed by atoms with Gasteiger partial charge in [-0.15, -0.1) is 0 Å². The highest BCUT2D eigenvalue weighted by Crippen LogP contribution is 2.16. The fourth-order valence-electron chi connectivity index (χ4n) is 2.57. The molecule has 0 fully saturated rings. The molecule has 2 N–H and O–H groups in total. The van der Waals surface area contributed by atoms with Crippen LogP contribution in [0, 0.1) is 5.41 Å². The van der Waals surface area contributed by atoms with Crippen LogP contribution in [-0.2, 0) is 6.42 Å². The molecule has 2 nitrogen and oxygen atoms in total. The number of aryl methyl sites for hydroxylation is 1. The Morgan fingerprint density at radius 1 is 1.05 bits per heavy atom. The third kappa shape index (κ3) is 7.06. The topological polar surface area (TPSA) is 29.3 Å². The highest BCUT2D eigenvalue weighted by Gasteiger charge is 2.19. The predicted octanol–water partition coefficient (Wildman–Crippen LogP) is 3.71. The van der Waals surface area contributed by atoms with Gasteiger partial charge < -0.3 is 10.6 Å². The summed E-state index contributed by atoms with van der Waals surface area (Å²) in [7, 11) is 0. The van der Waals surface area contributed by atoms with Gasteiger partial charge in [0.05, 0.1) is 0 Å². The van der Waals surface area contributed by atoms with E-state index >= 15 is 0 Å². The van der Waals surface area contributed by atoms with Gasteiger partial charge in [0.1, 0.15) is 0 Å². The molecule has 0 spiro atoms. The molecule has 1 aromatic rings. The summed E-state index contributed by atoms with van der Waals surface area (Å²) in [5, 5.41) is 0. The van der Waals surface area contributed by atoms with Crippen molar-refractivity contribution in [2.75, 3.05) is 26.2 Å². The van der Waals surface area contributed by atoms with E-state index in [0.29, 0.717) is 0 Å². The maximum atomic E-state index is 5.85. The zero-order valence-electron chi connectivity index (χ0n) is 13.6. The van der Waals surface area contributed by atoms with Crippen LogP contribution in [-0.4, -0.2) is 31.1 Å². The average Bonchev–Trinajstić information content (AvgIpc) is 2.44. The lowest BCUT2D eigenvalue weighted by molar-refractivity contribution is 0.180. The van der Waals surface area contributed by atoms with Crippen molar-refractivity contribution in [3.63, 3.8) is 0 Å². The fraction of sp³-hybridized carbons (Fsp3) is 0.667. The molecule has 0 bridgehead atoms. The van der Waals surface area contributed by atoms with Crippen LogP contribution in [0.5, 0.6) is 0 Å². The second kappa shape index (κ2) is 9.15. The van der Waals surface area contributed by atoms with E-state index in [1.54, 1.807) is 0 Å².